The van der Waals surface area contributed by atoms with Gasteiger partial charge in [-0.05, 0) is 33.1 Å². The van der Waals surface area contributed by atoms with Gasteiger partial charge in [-0.15, -0.1) is 0 Å². The molecule has 0 aromatic carbocycles. The highest BCUT2D eigenvalue weighted by Crippen LogP contribution is 2.55. The van der Waals surface area contributed by atoms with Crippen LogP contribution in [-0.4, -0.2) is 24.0 Å². The van der Waals surface area contributed by atoms with Crippen LogP contribution in [0.2, 0.25) is 0 Å². The smallest absolute Gasteiger partial charge is 0.331 e. The predicted molar refractivity (Wildman–Crippen MR) is 49.5 cm³/mol. The summed E-state index contributed by atoms with van der Waals surface area (Å²) in [5, 5.41) is 2.75. The van der Waals surface area contributed by atoms with Crippen molar-refractivity contribution in [1.29, 1.82) is 0 Å². The molecule has 78 valence electrons. The van der Waals surface area contributed by atoms with Crippen LogP contribution in [0.25, 0.3) is 0 Å². The molecule has 1 saturated carbocycles. The molecule has 0 aromatic rings. The molecule has 1 aliphatic carbocycles. The van der Waals surface area contributed by atoms with E-state index < -0.39 is 5.54 Å². The first-order valence-electron chi connectivity index (χ1n) is 5.02. The van der Waals surface area contributed by atoms with E-state index >= 15 is 0 Å². The van der Waals surface area contributed by atoms with E-state index in [1.165, 1.54) is 0 Å². The first-order valence-corrected chi connectivity index (χ1v) is 5.02. The van der Waals surface area contributed by atoms with Crippen LogP contribution in [0.1, 0.15) is 33.1 Å². The molecule has 0 aromatic heterocycles. The summed E-state index contributed by atoms with van der Waals surface area (Å²) in [6.45, 7) is 3.87. The van der Waals surface area contributed by atoms with Gasteiger partial charge in [-0.25, -0.2) is 4.79 Å². The Kier molecular flexibility index (Phi) is 1.84. The van der Waals surface area contributed by atoms with Gasteiger partial charge in [0.2, 0.25) is 5.91 Å². The second kappa shape index (κ2) is 2.72. The van der Waals surface area contributed by atoms with Gasteiger partial charge in [0.05, 0.1) is 12.0 Å². The second-order valence-corrected chi connectivity index (χ2v) is 4.46. The van der Waals surface area contributed by atoms with E-state index in [1.54, 1.807) is 13.8 Å². The molecule has 2 aliphatic rings. The van der Waals surface area contributed by atoms with Gasteiger partial charge in [0.25, 0.3) is 0 Å². The summed E-state index contributed by atoms with van der Waals surface area (Å²) in [5.74, 6) is -0.287. The number of nitrogens with one attached hydrogen (secondary N) is 1. The standard InChI is InChI=1S/C10H15NO3/c1-3-14-8(13)9(2)6-10(4-5-10)7(12)11-9/h3-6H2,1-2H3,(H,11,12). The van der Waals surface area contributed by atoms with Crippen LogP contribution in [-0.2, 0) is 14.3 Å². The highest BCUT2D eigenvalue weighted by Gasteiger charge is 2.62. The van der Waals surface area contributed by atoms with Crippen LogP contribution in [0.15, 0.2) is 0 Å². The number of hydrogen-bond acceptors (Lipinski definition) is 3. The minimum absolute atomic E-state index is 0.0213. The molecule has 0 bridgehead atoms. The van der Waals surface area contributed by atoms with Crippen molar-refractivity contribution >= 4 is 11.9 Å². The van der Waals surface area contributed by atoms with E-state index in [0.717, 1.165) is 12.8 Å². The van der Waals surface area contributed by atoms with Gasteiger partial charge in [0.1, 0.15) is 5.54 Å². The van der Waals surface area contributed by atoms with Gasteiger partial charge in [-0.2, -0.15) is 0 Å². The summed E-state index contributed by atoms with van der Waals surface area (Å²) in [5.41, 5.74) is -1.02. The predicted octanol–water partition coefficient (Wildman–Crippen LogP) is 0.608. The third-order valence-corrected chi connectivity index (χ3v) is 3.14. The normalized spacial score (nSPS) is 32.9. The molecular weight excluding hydrogens is 182 g/mol. The first-order chi connectivity index (χ1) is 6.52. The number of ether oxygens (including phenoxy) is 1. The molecule has 1 amide bonds. The van der Waals surface area contributed by atoms with E-state index in [-0.39, 0.29) is 17.3 Å². The number of hydrogen-bond donors (Lipinski definition) is 1. The molecular formula is C10H15NO3. The monoisotopic (exact) mass is 197 g/mol. The number of esters is 1. The van der Waals surface area contributed by atoms with Crippen LogP contribution < -0.4 is 5.32 Å². The lowest BCUT2D eigenvalue weighted by atomic mass is 9.93. The van der Waals surface area contributed by atoms with Crippen molar-refractivity contribution in [2.45, 2.75) is 38.6 Å². The molecule has 1 heterocycles. The van der Waals surface area contributed by atoms with Crippen molar-refractivity contribution in [1.82, 2.24) is 5.32 Å². The zero-order valence-corrected chi connectivity index (χ0v) is 8.55. The van der Waals surface area contributed by atoms with Crippen molar-refractivity contribution in [2.75, 3.05) is 6.61 Å². The number of carbonyl (C=O) groups is 2. The van der Waals surface area contributed by atoms with Gasteiger partial charge in [-0.3, -0.25) is 4.79 Å². The van der Waals surface area contributed by atoms with Gasteiger partial charge >= 0.3 is 5.97 Å². The first kappa shape index (κ1) is 9.49. The molecule has 1 N–H and O–H groups in total. The van der Waals surface area contributed by atoms with Gasteiger partial charge < -0.3 is 10.1 Å². The Labute approximate surface area is 83.0 Å². The second-order valence-electron chi connectivity index (χ2n) is 4.46. The number of amides is 1. The zero-order valence-electron chi connectivity index (χ0n) is 8.55. The summed E-state index contributed by atoms with van der Waals surface area (Å²) in [7, 11) is 0. The molecule has 1 spiro atoms. The number of carbonyl (C=O) groups excluding carboxylic acids is 2. The highest BCUT2D eigenvalue weighted by molar-refractivity contribution is 5.96. The van der Waals surface area contributed by atoms with Crippen molar-refractivity contribution in [2.24, 2.45) is 5.41 Å². The lowest BCUT2D eigenvalue weighted by Gasteiger charge is -2.21. The van der Waals surface area contributed by atoms with Crippen LogP contribution in [0.3, 0.4) is 0 Å². The molecule has 2 fully saturated rings. The fourth-order valence-electron chi connectivity index (χ4n) is 2.15. The Hall–Kier alpha value is -1.06. The van der Waals surface area contributed by atoms with Gasteiger partial charge in [-0.1, -0.05) is 0 Å². The largest absolute Gasteiger partial charge is 0.464 e. The molecule has 1 aliphatic heterocycles. The van der Waals surface area contributed by atoms with Crippen LogP contribution >= 0.6 is 0 Å². The fourth-order valence-corrected chi connectivity index (χ4v) is 2.15. The third-order valence-electron chi connectivity index (χ3n) is 3.14. The Balaban J connectivity index is 2.11. The summed E-state index contributed by atoms with van der Waals surface area (Å²) >= 11 is 0. The van der Waals surface area contributed by atoms with Crippen LogP contribution in [0, 0.1) is 5.41 Å². The SMILES string of the molecule is CCOC(=O)C1(C)CC2(CC2)C(=O)N1. The van der Waals surface area contributed by atoms with Crippen molar-refractivity contribution in [3.63, 3.8) is 0 Å². The summed E-state index contributed by atoms with van der Waals surface area (Å²) in [6.07, 6.45) is 2.42. The Morgan fingerprint density at radius 2 is 2.21 bits per heavy atom. The average molecular weight is 197 g/mol. The molecule has 14 heavy (non-hydrogen) atoms. The summed E-state index contributed by atoms with van der Waals surface area (Å²) < 4.78 is 4.94. The Bertz CT molecular complexity index is 296. The maximum atomic E-state index is 11.6. The zero-order chi connectivity index (χ0) is 10.4. The van der Waals surface area contributed by atoms with Gasteiger partial charge in [0, 0.05) is 0 Å². The minimum atomic E-state index is -0.788. The molecule has 2 rings (SSSR count). The highest BCUT2D eigenvalue weighted by atomic mass is 16.5. The third kappa shape index (κ3) is 1.21. The lowest BCUT2D eigenvalue weighted by Crippen LogP contribution is -2.47. The maximum Gasteiger partial charge on any atom is 0.331 e. The molecule has 1 unspecified atom stereocenters. The van der Waals surface area contributed by atoms with Crippen LogP contribution in [0.4, 0.5) is 0 Å². The minimum Gasteiger partial charge on any atom is -0.464 e. The molecule has 0 radical (unpaired) electrons. The Morgan fingerprint density at radius 3 is 2.64 bits per heavy atom. The maximum absolute atomic E-state index is 11.6. The molecule has 1 saturated heterocycles. The van der Waals surface area contributed by atoms with Crippen molar-refractivity contribution in [3.05, 3.63) is 0 Å². The topological polar surface area (TPSA) is 55.4 Å². The average Bonchev–Trinajstić information content (AvgIpc) is 2.80. The summed E-state index contributed by atoms with van der Waals surface area (Å²) in [6, 6.07) is 0. The molecule has 1 atom stereocenters. The summed E-state index contributed by atoms with van der Waals surface area (Å²) in [4.78, 5) is 23.2. The van der Waals surface area contributed by atoms with E-state index in [4.69, 9.17) is 4.74 Å². The fraction of sp³-hybridized carbons (Fsp3) is 0.800. The van der Waals surface area contributed by atoms with E-state index in [9.17, 15) is 9.59 Å². The quantitative estimate of drug-likeness (QED) is 0.660. The number of rotatable bonds is 2. The Morgan fingerprint density at radius 1 is 1.57 bits per heavy atom. The lowest BCUT2D eigenvalue weighted by molar-refractivity contribution is -0.150. The van der Waals surface area contributed by atoms with Gasteiger partial charge in [0.15, 0.2) is 0 Å². The van der Waals surface area contributed by atoms with E-state index in [0.29, 0.717) is 13.0 Å². The van der Waals surface area contributed by atoms with E-state index in [2.05, 4.69) is 5.32 Å². The van der Waals surface area contributed by atoms with E-state index in [1.807, 2.05) is 0 Å². The molecule has 4 nitrogen and oxygen atoms in total. The molecule has 4 heteroatoms. The van der Waals surface area contributed by atoms with Crippen molar-refractivity contribution in [3.8, 4) is 0 Å². The van der Waals surface area contributed by atoms with Crippen LogP contribution in [0.5, 0.6) is 0 Å². The van der Waals surface area contributed by atoms with Crippen molar-refractivity contribution < 1.29 is 14.3 Å².